The summed E-state index contributed by atoms with van der Waals surface area (Å²) >= 11 is 0. The minimum Gasteiger partial charge on any atom is -0.387 e. The van der Waals surface area contributed by atoms with Crippen molar-refractivity contribution in [3.63, 3.8) is 0 Å². The van der Waals surface area contributed by atoms with Gasteiger partial charge in [-0.25, -0.2) is 18.4 Å². The van der Waals surface area contributed by atoms with Crippen LogP contribution in [0.5, 0.6) is 0 Å². The second-order valence-electron chi connectivity index (χ2n) is 9.98. The molecular weight excluding hydrogens is 466 g/mol. The fourth-order valence-corrected chi connectivity index (χ4v) is 6.39. The monoisotopic (exact) mass is 499 g/mol. The van der Waals surface area contributed by atoms with Gasteiger partial charge in [0, 0.05) is 44.0 Å². The van der Waals surface area contributed by atoms with Crippen molar-refractivity contribution in [3.05, 3.63) is 47.4 Å². The average Bonchev–Trinajstić information content (AvgIpc) is 3.47. The molecule has 3 heterocycles. The van der Waals surface area contributed by atoms with E-state index in [9.17, 15) is 18.3 Å². The molecule has 4 atom stereocenters. The largest absolute Gasteiger partial charge is 0.387 e. The Morgan fingerprint density at radius 3 is 2.49 bits per heavy atom. The molecule has 188 valence electrons. The first-order valence-corrected chi connectivity index (χ1v) is 14.2. The van der Waals surface area contributed by atoms with Gasteiger partial charge in [-0.2, -0.15) is 0 Å². The van der Waals surface area contributed by atoms with Crippen LogP contribution in [0, 0.1) is 0 Å². The van der Waals surface area contributed by atoms with Crippen molar-refractivity contribution in [1.29, 1.82) is 0 Å². The molecule has 1 aromatic heterocycles. The number of rotatable bonds is 5. The topological polar surface area (TPSA) is 116 Å². The number of aromatic nitrogens is 2. The van der Waals surface area contributed by atoms with Crippen LogP contribution >= 0.6 is 0 Å². The fourth-order valence-electron chi connectivity index (χ4n) is 5.75. The smallest absolute Gasteiger partial charge is 0.231 e. The number of piperazine rings is 1. The minimum atomic E-state index is -3.29. The number of nitrogens with zero attached hydrogens (tertiary/aromatic N) is 4. The molecule has 2 fully saturated rings. The Balaban J connectivity index is 1.33. The third kappa shape index (κ3) is 4.66. The van der Waals surface area contributed by atoms with Gasteiger partial charge in [0.15, 0.2) is 9.84 Å². The van der Waals surface area contributed by atoms with Crippen LogP contribution in [0.1, 0.15) is 60.9 Å². The van der Waals surface area contributed by atoms with Gasteiger partial charge in [-0.1, -0.05) is 19.1 Å². The van der Waals surface area contributed by atoms with Crippen LogP contribution in [0.25, 0.3) is 0 Å². The van der Waals surface area contributed by atoms with E-state index < -0.39 is 15.9 Å². The highest BCUT2D eigenvalue weighted by molar-refractivity contribution is 7.90. The number of hydrogen-bond acceptors (Lipinski definition) is 8. The third-order valence-electron chi connectivity index (χ3n) is 7.60. The van der Waals surface area contributed by atoms with Crippen molar-refractivity contribution in [3.8, 4) is 0 Å². The predicted molar refractivity (Wildman–Crippen MR) is 132 cm³/mol. The number of carbonyl (C=O) groups excluding carboxylic acids is 1. The maximum Gasteiger partial charge on any atom is 0.231 e. The van der Waals surface area contributed by atoms with Crippen LogP contribution in [-0.4, -0.2) is 79.3 Å². The minimum absolute atomic E-state index is 0.0390. The quantitative estimate of drug-likeness (QED) is 0.638. The maximum absolute atomic E-state index is 13.8. The summed E-state index contributed by atoms with van der Waals surface area (Å²) in [7, 11) is -3.29. The number of aliphatic hydroxyl groups is 1. The predicted octanol–water partition coefficient (Wildman–Crippen LogP) is 1.61. The lowest BCUT2D eigenvalue weighted by Crippen LogP contribution is -2.52. The third-order valence-corrected chi connectivity index (χ3v) is 8.73. The molecule has 2 N–H and O–H groups in total. The highest BCUT2D eigenvalue weighted by atomic mass is 32.2. The van der Waals surface area contributed by atoms with Crippen LogP contribution in [0.15, 0.2) is 35.5 Å². The first kappa shape index (κ1) is 24.1. The van der Waals surface area contributed by atoms with Gasteiger partial charge in [-0.15, -0.1) is 0 Å². The number of amides is 1. The van der Waals surface area contributed by atoms with E-state index >= 15 is 0 Å². The molecule has 0 saturated carbocycles. The van der Waals surface area contributed by atoms with Gasteiger partial charge >= 0.3 is 0 Å². The number of fused-ring (bicyclic) bond motifs is 1. The Hall–Kier alpha value is -2.56. The van der Waals surface area contributed by atoms with Gasteiger partial charge in [-0.3, -0.25) is 4.79 Å². The summed E-state index contributed by atoms with van der Waals surface area (Å²) in [6.07, 6.45) is 4.77. The number of nitrogens with one attached hydrogen (secondary N) is 1. The molecule has 0 spiro atoms. The molecule has 1 amide bonds. The van der Waals surface area contributed by atoms with E-state index in [4.69, 9.17) is 0 Å². The molecule has 9 nitrogen and oxygen atoms in total. The normalized spacial score (nSPS) is 25.5. The van der Waals surface area contributed by atoms with Gasteiger partial charge in [0.2, 0.25) is 5.91 Å². The molecule has 2 unspecified atom stereocenters. The summed E-state index contributed by atoms with van der Waals surface area (Å²) < 4.78 is 23.8. The van der Waals surface area contributed by atoms with Gasteiger partial charge in [0.05, 0.1) is 22.6 Å². The van der Waals surface area contributed by atoms with E-state index in [-0.39, 0.29) is 28.7 Å². The molecular formula is C25H33N5O4S. The molecule has 2 aliphatic heterocycles. The molecule has 35 heavy (non-hydrogen) atoms. The van der Waals surface area contributed by atoms with Crippen LogP contribution in [0.3, 0.4) is 0 Å². The second-order valence-corrected chi connectivity index (χ2v) is 12.0. The summed E-state index contributed by atoms with van der Waals surface area (Å²) in [5, 5.41) is 13.8. The zero-order chi connectivity index (χ0) is 24.7. The van der Waals surface area contributed by atoms with Crippen molar-refractivity contribution in [1.82, 2.24) is 20.2 Å². The summed E-state index contributed by atoms with van der Waals surface area (Å²) in [5.74, 6) is 0.795. The maximum atomic E-state index is 13.8. The first-order chi connectivity index (χ1) is 16.7. The highest BCUT2D eigenvalue weighted by Gasteiger charge is 2.37. The second kappa shape index (κ2) is 9.48. The standard InChI is InChI=1S/C25H33N5O4S/c1-16-14-20(31)23-21(16)24(28-15-27-23)29-10-12-30(13-11-29)25(32)22(19-4-3-9-26-19)17-5-7-18(8-6-17)35(2,33)34/h5-8,15-16,19-20,22,26,31H,3-4,9-14H2,1-2H3/t16-,19?,20-,22?/m1/s1. The summed E-state index contributed by atoms with van der Waals surface area (Å²) in [4.78, 5) is 27.0. The Kier molecular flexibility index (Phi) is 6.54. The molecule has 3 aliphatic rings. The number of aliphatic hydroxyl groups excluding tert-OH is 1. The van der Waals surface area contributed by atoms with Crippen molar-refractivity contribution in [2.75, 3.05) is 43.9 Å². The van der Waals surface area contributed by atoms with Crippen LogP contribution in [0.4, 0.5) is 5.82 Å². The summed E-state index contributed by atoms with van der Waals surface area (Å²) in [6, 6.07) is 6.81. The Morgan fingerprint density at radius 2 is 1.86 bits per heavy atom. The van der Waals surface area contributed by atoms with Gasteiger partial charge in [0.25, 0.3) is 0 Å². The van der Waals surface area contributed by atoms with Crippen molar-refractivity contribution in [2.45, 2.75) is 55.1 Å². The van der Waals surface area contributed by atoms with Crippen LogP contribution in [0.2, 0.25) is 0 Å². The molecule has 0 radical (unpaired) electrons. The molecule has 0 bridgehead atoms. The number of sulfone groups is 1. The molecule has 1 aromatic carbocycles. The molecule has 2 saturated heterocycles. The molecule has 1 aliphatic carbocycles. The van der Waals surface area contributed by atoms with E-state index in [2.05, 4.69) is 27.1 Å². The number of benzene rings is 1. The summed E-state index contributed by atoms with van der Waals surface area (Å²) in [6.45, 7) is 5.46. The van der Waals surface area contributed by atoms with E-state index in [1.165, 1.54) is 12.6 Å². The first-order valence-electron chi connectivity index (χ1n) is 12.3. The van der Waals surface area contributed by atoms with Gasteiger partial charge in [-0.05, 0) is 49.4 Å². The average molecular weight is 500 g/mol. The van der Waals surface area contributed by atoms with Gasteiger partial charge in [0.1, 0.15) is 12.1 Å². The van der Waals surface area contributed by atoms with Crippen molar-refractivity contribution >= 4 is 21.6 Å². The number of anilines is 1. The van der Waals surface area contributed by atoms with Crippen molar-refractivity contribution in [2.24, 2.45) is 0 Å². The van der Waals surface area contributed by atoms with E-state index in [1.54, 1.807) is 24.3 Å². The Labute approximate surface area is 206 Å². The zero-order valence-electron chi connectivity index (χ0n) is 20.2. The lowest BCUT2D eigenvalue weighted by atomic mass is 9.89. The zero-order valence-corrected chi connectivity index (χ0v) is 21.0. The SMILES string of the molecule is C[C@@H]1C[C@@H](O)c2ncnc(N3CCN(C(=O)C(c4ccc(S(C)(=O)=O)cc4)C4CCCN4)CC3)c21. The number of hydrogen-bond donors (Lipinski definition) is 2. The van der Waals surface area contributed by atoms with E-state index in [0.717, 1.165) is 42.0 Å². The van der Waals surface area contributed by atoms with Crippen molar-refractivity contribution < 1.29 is 18.3 Å². The lowest BCUT2D eigenvalue weighted by Gasteiger charge is -2.38. The Bertz CT molecular complexity index is 1190. The summed E-state index contributed by atoms with van der Waals surface area (Å²) in [5.41, 5.74) is 2.60. The van der Waals surface area contributed by atoms with Crippen LogP contribution < -0.4 is 10.2 Å². The highest BCUT2D eigenvalue weighted by Crippen LogP contribution is 2.43. The Morgan fingerprint density at radius 1 is 1.14 bits per heavy atom. The molecule has 2 aromatic rings. The fraction of sp³-hybridized carbons (Fsp3) is 0.560. The lowest BCUT2D eigenvalue weighted by molar-refractivity contribution is -0.133. The number of carbonyl (C=O) groups is 1. The molecule has 5 rings (SSSR count). The van der Waals surface area contributed by atoms with E-state index in [0.29, 0.717) is 32.6 Å². The van der Waals surface area contributed by atoms with Gasteiger partial charge < -0.3 is 20.2 Å². The van der Waals surface area contributed by atoms with Crippen LogP contribution in [-0.2, 0) is 14.6 Å². The van der Waals surface area contributed by atoms with E-state index in [1.807, 2.05) is 4.90 Å². The molecule has 10 heteroatoms.